The SMILES string of the molecule is C[C@H](N)C(=O)N[C@]1(c2cccnc2C#N)CCNC1.Cl. The summed E-state index contributed by atoms with van der Waals surface area (Å²) < 4.78 is 0. The summed E-state index contributed by atoms with van der Waals surface area (Å²) >= 11 is 0. The topological polar surface area (TPSA) is 104 Å². The lowest BCUT2D eigenvalue weighted by Gasteiger charge is -2.31. The predicted molar refractivity (Wildman–Crippen MR) is 77.2 cm³/mol. The van der Waals surface area contributed by atoms with E-state index in [1.807, 2.05) is 6.07 Å². The minimum Gasteiger partial charge on any atom is -0.344 e. The maximum Gasteiger partial charge on any atom is 0.237 e. The van der Waals surface area contributed by atoms with E-state index in [9.17, 15) is 4.79 Å². The van der Waals surface area contributed by atoms with Crippen molar-refractivity contribution in [1.29, 1.82) is 5.26 Å². The van der Waals surface area contributed by atoms with Gasteiger partial charge in [0.25, 0.3) is 0 Å². The molecule has 7 heteroatoms. The fraction of sp³-hybridized carbons (Fsp3) is 0.462. The van der Waals surface area contributed by atoms with E-state index in [1.165, 1.54) is 0 Å². The minimum absolute atomic E-state index is 0. The van der Waals surface area contributed by atoms with Gasteiger partial charge in [-0.2, -0.15) is 5.26 Å². The Hall–Kier alpha value is -1.68. The van der Waals surface area contributed by atoms with E-state index in [0.29, 0.717) is 18.7 Å². The van der Waals surface area contributed by atoms with Gasteiger partial charge in [0.15, 0.2) is 0 Å². The molecule has 0 saturated carbocycles. The van der Waals surface area contributed by atoms with E-state index in [1.54, 1.807) is 19.2 Å². The molecule has 2 rings (SSSR count). The molecule has 0 unspecified atom stereocenters. The molecule has 0 aliphatic carbocycles. The standard InChI is InChI=1S/C13H17N5O.ClH/c1-9(15)12(19)18-13(4-6-16-8-13)10-3-2-5-17-11(10)7-14;/h2-3,5,9,16H,4,6,8,15H2,1H3,(H,18,19);1H/t9-,13+;/m0./s1. The van der Waals surface area contributed by atoms with Crippen molar-refractivity contribution in [3.63, 3.8) is 0 Å². The number of carbonyl (C=O) groups is 1. The lowest BCUT2D eigenvalue weighted by atomic mass is 9.87. The number of hydrogen-bond acceptors (Lipinski definition) is 5. The van der Waals surface area contributed by atoms with E-state index in [4.69, 9.17) is 11.0 Å². The van der Waals surface area contributed by atoms with Gasteiger partial charge in [0.05, 0.1) is 11.6 Å². The van der Waals surface area contributed by atoms with Crippen molar-refractivity contribution in [2.45, 2.75) is 24.9 Å². The van der Waals surface area contributed by atoms with Crippen LogP contribution in [0, 0.1) is 11.3 Å². The summed E-state index contributed by atoms with van der Waals surface area (Å²) in [6.45, 7) is 2.99. The molecule has 0 bridgehead atoms. The number of halogens is 1. The number of nitrogens with one attached hydrogen (secondary N) is 2. The zero-order valence-corrected chi connectivity index (χ0v) is 12.0. The molecule has 1 saturated heterocycles. The number of nitrogens with two attached hydrogens (primary N) is 1. The van der Waals surface area contributed by atoms with Crippen LogP contribution in [0.2, 0.25) is 0 Å². The van der Waals surface area contributed by atoms with E-state index < -0.39 is 11.6 Å². The van der Waals surface area contributed by atoms with Crippen LogP contribution in [0.25, 0.3) is 0 Å². The molecule has 0 aromatic carbocycles. The summed E-state index contributed by atoms with van der Waals surface area (Å²) in [6.07, 6.45) is 2.29. The van der Waals surface area contributed by atoms with Gasteiger partial charge in [-0.3, -0.25) is 4.79 Å². The van der Waals surface area contributed by atoms with Gasteiger partial charge >= 0.3 is 0 Å². The number of rotatable bonds is 3. The molecule has 2 heterocycles. The molecule has 108 valence electrons. The largest absolute Gasteiger partial charge is 0.344 e. The number of carbonyl (C=O) groups excluding carboxylic acids is 1. The molecule has 2 atom stereocenters. The maximum atomic E-state index is 11.9. The van der Waals surface area contributed by atoms with Crippen LogP contribution < -0.4 is 16.4 Å². The van der Waals surface area contributed by atoms with Crippen LogP contribution in [0.1, 0.15) is 24.6 Å². The van der Waals surface area contributed by atoms with Crippen molar-refractivity contribution < 1.29 is 4.79 Å². The van der Waals surface area contributed by atoms with Gasteiger partial charge in [0, 0.05) is 18.3 Å². The zero-order valence-electron chi connectivity index (χ0n) is 11.2. The van der Waals surface area contributed by atoms with E-state index in [0.717, 1.165) is 12.1 Å². The third-order valence-corrected chi connectivity index (χ3v) is 3.36. The molecule has 1 aliphatic rings. The molecule has 1 aromatic heterocycles. The van der Waals surface area contributed by atoms with E-state index in [-0.39, 0.29) is 18.3 Å². The van der Waals surface area contributed by atoms with Crippen LogP contribution in [0.15, 0.2) is 18.3 Å². The highest BCUT2D eigenvalue weighted by Gasteiger charge is 2.39. The maximum absolute atomic E-state index is 11.9. The highest BCUT2D eigenvalue weighted by Crippen LogP contribution is 2.29. The van der Waals surface area contributed by atoms with Gasteiger partial charge in [0.2, 0.25) is 5.91 Å². The van der Waals surface area contributed by atoms with Crippen molar-refractivity contribution in [3.8, 4) is 6.07 Å². The summed E-state index contributed by atoms with van der Waals surface area (Å²) in [5, 5.41) is 15.3. The average Bonchev–Trinajstić information content (AvgIpc) is 2.88. The van der Waals surface area contributed by atoms with Crippen LogP contribution >= 0.6 is 12.4 Å². The Bertz CT molecular complexity index is 520. The third kappa shape index (κ3) is 3.07. The molecule has 6 nitrogen and oxygen atoms in total. The number of aromatic nitrogens is 1. The number of nitriles is 1. The first kappa shape index (κ1) is 16.4. The van der Waals surface area contributed by atoms with Gasteiger partial charge in [-0.25, -0.2) is 4.98 Å². The third-order valence-electron chi connectivity index (χ3n) is 3.36. The molecule has 0 spiro atoms. The molecule has 1 aromatic rings. The molecular weight excluding hydrogens is 278 g/mol. The Labute approximate surface area is 124 Å². The lowest BCUT2D eigenvalue weighted by molar-refractivity contribution is -0.123. The smallest absolute Gasteiger partial charge is 0.237 e. The zero-order chi connectivity index (χ0) is 13.9. The number of hydrogen-bond donors (Lipinski definition) is 3. The fourth-order valence-electron chi connectivity index (χ4n) is 2.33. The van der Waals surface area contributed by atoms with Gasteiger partial charge < -0.3 is 16.4 Å². The van der Waals surface area contributed by atoms with Gasteiger partial charge in [-0.1, -0.05) is 6.07 Å². The van der Waals surface area contributed by atoms with Crippen LogP contribution in [0.3, 0.4) is 0 Å². The van der Waals surface area contributed by atoms with E-state index >= 15 is 0 Å². The van der Waals surface area contributed by atoms with Gasteiger partial charge in [-0.15, -0.1) is 12.4 Å². The summed E-state index contributed by atoms with van der Waals surface area (Å²) in [4.78, 5) is 16.0. The highest BCUT2D eigenvalue weighted by atomic mass is 35.5. The van der Waals surface area contributed by atoms with Crippen LogP contribution in [0.4, 0.5) is 0 Å². The average molecular weight is 296 g/mol. The van der Waals surface area contributed by atoms with Crippen molar-refractivity contribution in [1.82, 2.24) is 15.6 Å². The molecule has 1 aliphatic heterocycles. The Balaban J connectivity index is 0.00000200. The normalized spacial score (nSPS) is 22.4. The Morgan fingerprint density at radius 2 is 2.45 bits per heavy atom. The monoisotopic (exact) mass is 295 g/mol. The Morgan fingerprint density at radius 3 is 3.00 bits per heavy atom. The quantitative estimate of drug-likeness (QED) is 0.730. The number of amides is 1. The van der Waals surface area contributed by atoms with Crippen LogP contribution in [-0.2, 0) is 10.3 Å². The first-order valence-electron chi connectivity index (χ1n) is 6.23. The highest BCUT2D eigenvalue weighted by molar-refractivity contribution is 5.85. The molecule has 4 N–H and O–H groups in total. The Kier molecular flexibility index (Phi) is 5.45. The lowest BCUT2D eigenvalue weighted by Crippen LogP contribution is -2.52. The van der Waals surface area contributed by atoms with Gasteiger partial charge in [-0.05, 0) is 26.0 Å². The number of pyridine rings is 1. The summed E-state index contributed by atoms with van der Waals surface area (Å²) in [6, 6.07) is 5.10. The molecular formula is C13H18ClN5O. The first-order chi connectivity index (χ1) is 9.09. The second-order valence-corrected chi connectivity index (χ2v) is 4.80. The summed E-state index contributed by atoms with van der Waals surface area (Å²) in [7, 11) is 0. The van der Waals surface area contributed by atoms with Crippen molar-refractivity contribution >= 4 is 18.3 Å². The van der Waals surface area contributed by atoms with Crippen molar-refractivity contribution in [3.05, 3.63) is 29.6 Å². The van der Waals surface area contributed by atoms with Crippen LogP contribution in [0.5, 0.6) is 0 Å². The van der Waals surface area contributed by atoms with E-state index in [2.05, 4.69) is 21.7 Å². The van der Waals surface area contributed by atoms with Gasteiger partial charge in [0.1, 0.15) is 11.8 Å². The van der Waals surface area contributed by atoms with Crippen molar-refractivity contribution in [2.75, 3.05) is 13.1 Å². The Morgan fingerprint density at radius 1 is 1.70 bits per heavy atom. The fourth-order valence-corrected chi connectivity index (χ4v) is 2.33. The minimum atomic E-state index is -0.593. The number of nitrogens with zero attached hydrogens (tertiary/aromatic N) is 2. The molecule has 20 heavy (non-hydrogen) atoms. The van der Waals surface area contributed by atoms with Crippen LogP contribution in [-0.4, -0.2) is 30.0 Å². The van der Waals surface area contributed by atoms with Crippen molar-refractivity contribution in [2.24, 2.45) is 5.73 Å². The summed E-state index contributed by atoms with van der Waals surface area (Å²) in [5.74, 6) is -0.226. The molecule has 1 amide bonds. The molecule has 1 fully saturated rings. The predicted octanol–water partition coefficient (Wildman–Crippen LogP) is 0.0271. The molecule has 0 radical (unpaired) electrons. The second kappa shape index (κ2) is 6.66. The first-order valence-corrected chi connectivity index (χ1v) is 6.23. The second-order valence-electron chi connectivity index (χ2n) is 4.80. The summed E-state index contributed by atoms with van der Waals surface area (Å²) in [5.41, 5.74) is 6.11.